The molecule has 11 heteroatoms. The molecule has 7 rings (SSSR count). The third-order valence-corrected chi connectivity index (χ3v) is 9.41. The number of nitrogens with one attached hydrogen (secondary N) is 1. The van der Waals surface area contributed by atoms with Crippen molar-refractivity contribution in [1.29, 1.82) is 0 Å². The third kappa shape index (κ3) is 6.55. The van der Waals surface area contributed by atoms with E-state index in [-0.39, 0.29) is 12.5 Å². The normalized spacial score (nSPS) is 15.7. The zero-order chi connectivity index (χ0) is 33.6. The quantitative estimate of drug-likeness (QED) is 0.181. The highest BCUT2D eigenvalue weighted by atomic mass is 19.1. The maximum atomic E-state index is 14.0. The maximum Gasteiger partial charge on any atom is 0.408 e. The number of benzene rings is 2. The molecule has 5 aromatic rings. The van der Waals surface area contributed by atoms with Gasteiger partial charge in [-0.1, -0.05) is 18.2 Å². The number of fused-ring (bicyclic) bond motifs is 3. The largest absolute Gasteiger partial charge is 0.444 e. The highest BCUT2D eigenvalue weighted by molar-refractivity contribution is 6.01. The summed E-state index contributed by atoms with van der Waals surface area (Å²) in [4.78, 5) is 36.9. The van der Waals surface area contributed by atoms with Gasteiger partial charge in [-0.25, -0.2) is 19.2 Å². The van der Waals surface area contributed by atoms with Crippen LogP contribution in [0, 0.1) is 5.92 Å². The van der Waals surface area contributed by atoms with Crippen molar-refractivity contribution in [2.75, 3.05) is 19.8 Å². The zero-order valence-corrected chi connectivity index (χ0v) is 28.2. The average molecular weight is 654 g/mol. The first-order valence-electron chi connectivity index (χ1n) is 17.0. The summed E-state index contributed by atoms with van der Waals surface area (Å²) in [7, 11) is 2.05. The zero-order valence-electron chi connectivity index (χ0n) is 28.2. The molecule has 0 spiro atoms. The van der Waals surface area contributed by atoms with Gasteiger partial charge in [0.05, 0.1) is 34.6 Å². The number of halogens is 1. The van der Waals surface area contributed by atoms with Crippen LogP contribution in [0.4, 0.5) is 9.18 Å². The number of alkyl carbamates (subject to hydrolysis) is 1. The Morgan fingerprint density at radius 1 is 1.19 bits per heavy atom. The van der Waals surface area contributed by atoms with Crippen molar-refractivity contribution in [1.82, 2.24) is 33.9 Å². The molecular weight excluding hydrogens is 609 g/mol. The Hall–Kier alpha value is -4.67. The van der Waals surface area contributed by atoms with E-state index in [2.05, 4.69) is 54.3 Å². The van der Waals surface area contributed by atoms with Crippen LogP contribution in [0.15, 0.2) is 55.1 Å². The standard InChI is InChI=1S/C37H44FN7O3/c1-37(2,3)48-36(47)40-28(20-38)22-44-15-12-26-17-31-30(19-29(26)35(44)46)41-34(42(31)4)32-18-27-8-5-7-25(9-6-14-43-16-13-39-23-43)33(27)45(32)21-24-10-11-24/h5,7-8,13,16-19,23-24,28H,6,9-12,14-15,20-22H2,1-4H3,(H,40,47)/t28-/m1/s1. The van der Waals surface area contributed by atoms with E-state index in [4.69, 9.17) is 9.72 Å². The number of nitrogens with zero attached hydrogens (tertiary/aromatic N) is 6. The summed E-state index contributed by atoms with van der Waals surface area (Å²) >= 11 is 0. The number of amides is 2. The fourth-order valence-electron chi connectivity index (χ4n) is 6.90. The molecule has 10 nitrogen and oxygen atoms in total. The Balaban J connectivity index is 1.18. The Morgan fingerprint density at radius 3 is 2.75 bits per heavy atom. The maximum absolute atomic E-state index is 14.0. The predicted molar refractivity (Wildman–Crippen MR) is 184 cm³/mol. The molecule has 4 heterocycles. The summed E-state index contributed by atoms with van der Waals surface area (Å²) in [6.45, 7) is 6.83. The smallest absolute Gasteiger partial charge is 0.408 e. The first-order valence-corrected chi connectivity index (χ1v) is 17.0. The fraction of sp³-hybridized carbons (Fsp3) is 0.459. The average Bonchev–Trinajstić information content (AvgIpc) is 3.41. The lowest BCUT2D eigenvalue weighted by Crippen LogP contribution is -2.50. The number of ether oxygens (including phenoxy) is 1. The lowest BCUT2D eigenvalue weighted by molar-refractivity contribution is 0.0466. The molecule has 2 amide bonds. The number of carbonyl (C=O) groups excluding carboxylic acids is 2. The van der Waals surface area contributed by atoms with Gasteiger partial charge in [-0.15, -0.1) is 0 Å². The molecule has 1 aliphatic carbocycles. The SMILES string of the molecule is Cn1c(-c2cc3cccc(CCCn4ccnc4)c3n2CC2CC2)nc2cc3c(cc21)CCN(C[C@@H](CF)NC(=O)OC(C)(C)C)C3=O. The number of imidazole rings is 2. The fourth-order valence-corrected chi connectivity index (χ4v) is 6.90. The summed E-state index contributed by atoms with van der Waals surface area (Å²) in [5, 5.41) is 3.79. The van der Waals surface area contributed by atoms with Crippen molar-refractivity contribution >= 4 is 33.9 Å². The lowest BCUT2D eigenvalue weighted by atomic mass is 9.97. The van der Waals surface area contributed by atoms with Crippen LogP contribution >= 0.6 is 0 Å². The molecule has 1 fully saturated rings. The van der Waals surface area contributed by atoms with E-state index < -0.39 is 24.4 Å². The van der Waals surface area contributed by atoms with Gasteiger partial charge in [0.2, 0.25) is 0 Å². The number of aryl methyl sites for hydroxylation is 3. The lowest BCUT2D eigenvalue weighted by Gasteiger charge is -2.31. The summed E-state index contributed by atoms with van der Waals surface area (Å²) in [6.07, 6.45) is 10.1. The molecule has 252 valence electrons. The third-order valence-electron chi connectivity index (χ3n) is 9.41. The Morgan fingerprint density at radius 2 is 2.02 bits per heavy atom. The molecule has 48 heavy (non-hydrogen) atoms. The van der Waals surface area contributed by atoms with E-state index in [1.54, 1.807) is 25.7 Å². The highest BCUT2D eigenvalue weighted by Crippen LogP contribution is 2.38. The molecule has 1 aliphatic heterocycles. The topological polar surface area (TPSA) is 99.2 Å². The van der Waals surface area contributed by atoms with Gasteiger partial charge in [0.15, 0.2) is 5.82 Å². The number of hydrogen-bond acceptors (Lipinski definition) is 5. The van der Waals surface area contributed by atoms with Gasteiger partial charge >= 0.3 is 6.09 Å². The van der Waals surface area contributed by atoms with Gasteiger partial charge in [-0.05, 0) is 88.1 Å². The van der Waals surface area contributed by atoms with Crippen LogP contribution in [-0.4, -0.2) is 72.0 Å². The van der Waals surface area contributed by atoms with Gasteiger partial charge in [-0.2, -0.15) is 0 Å². The summed E-state index contributed by atoms with van der Waals surface area (Å²) < 4.78 is 26.0. The number of rotatable bonds is 11. The number of aromatic nitrogens is 5. The molecule has 2 aliphatic rings. The van der Waals surface area contributed by atoms with E-state index in [0.717, 1.165) is 54.0 Å². The van der Waals surface area contributed by atoms with E-state index in [0.29, 0.717) is 24.4 Å². The monoisotopic (exact) mass is 653 g/mol. The van der Waals surface area contributed by atoms with Crippen molar-refractivity contribution in [2.24, 2.45) is 13.0 Å². The van der Waals surface area contributed by atoms with Gasteiger partial charge in [0, 0.05) is 56.6 Å². The van der Waals surface area contributed by atoms with Crippen LogP contribution in [0.2, 0.25) is 0 Å². The van der Waals surface area contributed by atoms with Crippen LogP contribution in [-0.2, 0) is 37.7 Å². The first kappa shape index (κ1) is 31.9. The summed E-state index contributed by atoms with van der Waals surface area (Å²) in [6, 6.07) is 12.0. The van der Waals surface area contributed by atoms with Crippen LogP contribution in [0.1, 0.15) is 61.5 Å². The van der Waals surface area contributed by atoms with E-state index in [1.165, 1.54) is 29.3 Å². The summed E-state index contributed by atoms with van der Waals surface area (Å²) in [5.74, 6) is 1.36. The van der Waals surface area contributed by atoms with Crippen molar-refractivity contribution in [3.8, 4) is 11.5 Å². The minimum absolute atomic E-state index is 0.0610. The van der Waals surface area contributed by atoms with Gasteiger partial charge in [0.25, 0.3) is 5.91 Å². The molecule has 2 aromatic carbocycles. The van der Waals surface area contributed by atoms with Crippen LogP contribution < -0.4 is 5.32 Å². The molecule has 1 saturated carbocycles. The molecule has 1 atom stereocenters. The number of para-hydroxylation sites is 1. The van der Waals surface area contributed by atoms with Gasteiger partial charge < -0.3 is 28.7 Å². The highest BCUT2D eigenvalue weighted by Gasteiger charge is 2.30. The minimum atomic E-state index is -0.861. The Kier molecular flexibility index (Phi) is 8.47. The summed E-state index contributed by atoms with van der Waals surface area (Å²) in [5.41, 5.74) is 6.26. The van der Waals surface area contributed by atoms with Crippen molar-refractivity contribution in [3.63, 3.8) is 0 Å². The number of carbonyl (C=O) groups is 2. The second kappa shape index (κ2) is 12.7. The number of hydrogen-bond donors (Lipinski definition) is 1. The molecular formula is C37H44FN7O3. The minimum Gasteiger partial charge on any atom is -0.444 e. The van der Waals surface area contributed by atoms with Crippen LogP contribution in [0.3, 0.4) is 0 Å². The van der Waals surface area contributed by atoms with Crippen molar-refractivity contribution in [2.45, 2.75) is 77.6 Å². The molecule has 3 aromatic heterocycles. The van der Waals surface area contributed by atoms with E-state index in [9.17, 15) is 14.0 Å². The number of alkyl halides is 1. The molecule has 0 saturated heterocycles. The molecule has 1 N–H and O–H groups in total. The van der Waals surface area contributed by atoms with Gasteiger partial charge in [-0.3, -0.25) is 4.79 Å². The predicted octanol–water partition coefficient (Wildman–Crippen LogP) is 6.30. The second-order valence-electron chi connectivity index (χ2n) is 14.3. The van der Waals surface area contributed by atoms with Crippen LogP contribution in [0.5, 0.6) is 0 Å². The Bertz CT molecular complexity index is 1970. The van der Waals surface area contributed by atoms with Crippen molar-refractivity contribution in [3.05, 3.63) is 71.8 Å². The Labute approximate surface area is 279 Å². The molecule has 0 unspecified atom stereocenters. The van der Waals surface area contributed by atoms with Gasteiger partial charge in [0.1, 0.15) is 12.3 Å². The molecule has 0 radical (unpaired) electrons. The van der Waals surface area contributed by atoms with E-state index >= 15 is 0 Å². The molecule has 0 bridgehead atoms. The van der Waals surface area contributed by atoms with Crippen LogP contribution in [0.25, 0.3) is 33.5 Å². The van der Waals surface area contributed by atoms with Crippen molar-refractivity contribution < 1.29 is 18.7 Å². The second-order valence-corrected chi connectivity index (χ2v) is 14.3. The first-order chi connectivity index (χ1) is 23.1. The van der Waals surface area contributed by atoms with E-state index in [1.807, 2.05) is 31.8 Å².